The van der Waals surface area contributed by atoms with Gasteiger partial charge in [0.25, 0.3) is 0 Å². The molecule has 4 atom stereocenters. The first-order valence-electron chi connectivity index (χ1n) is 11.6. The summed E-state index contributed by atoms with van der Waals surface area (Å²) in [6.45, 7) is 6.13. The van der Waals surface area contributed by atoms with E-state index in [1.54, 1.807) is 0 Å². The third-order valence-electron chi connectivity index (χ3n) is 6.31. The van der Waals surface area contributed by atoms with E-state index in [9.17, 15) is 9.59 Å². The van der Waals surface area contributed by atoms with Gasteiger partial charge in [-0.3, -0.25) is 9.59 Å². The quantitative estimate of drug-likeness (QED) is 0.243. The van der Waals surface area contributed by atoms with Crippen molar-refractivity contribution in [2.45, 2.75) is 83.1 Å². The third-order valence-corrected chi connectivity index (χ3v) is 9.31. The molecule has 2 heterocycles. The molecule has 0 radical (unpaired) electrons. The lowest BCUT2D eigenvalue weighted by molar-refractivity contribution is -0.134. The fraction of sp³-hybridized carbons (Fsp3) is 0.667. The molecule has 172 valence electrons. The lowest BCUT2D eigenvalue weighted by Gasteiger charge is -2.33. The molecule has 2 aliphatic rings. The van der Waals surface area contributed by atoms with Gasteiger partial charge < -0.3 is 15.8 Å². The maximum Gasteiger partial charge on any atom is 0.311 e. The summed E-state index contributed by atoms with van der Waals surface area (Å²) in [5.74, 6) is 1.39. The van der Waals surface area contributed by atoms with Crippen LogP contribution >= 0.6 is 21.6 Å². The molecule has 1 aromatic rings. The Morgan fingerprint density at radius 2 is 2.13 bits per heavy atom. The smallest absolute Gasteiger partial charge is 0.311 e. The summed E-state index contributed by atoms with van der Waals surface area (Å²) in [5.41, 5.74) is 8.64. The number of amides is 1. The van der Waals surface area contributed by atoms with Gasteiger partial charge in [-0.15, -0.1) is 0 Å². The van der Waals surface area contributed by atoms with Crippen molar-refractivity contribution >= 4 is 33.5 Å². The van der Waals surface area contributed by atoms with E-state index in [2.05, 4.69) is 12.2 Å². The molecule has 5 nitrogen and oxygen atoms in total. The summed E-state index contributed by atoms with van der Waals surface area (Å²) in [4.78, 5) is 25.2. The first-order valence-corrected chi connectivity index (χ1v) is 13.9. The minimum atomic E-state index is -0.423. The van der Waals surface area contributed by atoms with Crippen LogP contribution in [-0.4, -0.2) is 28.9 Å². The number of ether oxygens (including phenoxy) is 1. The lowest BCUT2D eigenvalue weighted by atomic mass is 9.80. The van der Waals surface area contributed by atoms with Crippen molar-refractivity contribution in [3.05, 3.63) is 29.3 Å². The summed E-state index contributed by atoms with van der Waals surface area (Å²) in [6, 6.07) is 5.41. The van der Waals surface area contributed by atoms with E-state index in [0.717, 1.165) is 42.1 Å². The van der Waals surface area contributed by atoms with Crippen LogP contribution in [0.1, 0.15) is 76.5 Å². The predicted molar refractivity (Wildman–Crippen MR) is 130 cm³/mol. The molecule has 7 heteroatoms. The molecule has 0 spiro atoms. The molecular weight excluding hydrogens is 428 g/mol. The number of hydrogen-bond donors (Lipinski definition) is 2. The van der Waals surface area contributed by atoms with Crippen LogP contribution in [0.3, 0.4) is 0 Å². The van der Waals surface area contributed by atoms with Gasteiger partial charge in [-0.2, -0.15) is 0 Å². The normalized spacial score (nSPS) is 26.2. The van der Waals surface area contributed by atoms with Crippen molar-refractivity contribution in [1.29, 1.82) is 0 Å². The fourth-order valence-electron chi connectivity index (χ4n) is 4.46. The second-order valence-corrected chi connectivity index (χ2v) is 11.8. The van der Waals surface area contributed by atoms with E-state index >= 15 is 0 Å². The molecule has 1 aromatic carbocycles. The highest BCUT2D eigenvalue weighted by Gasteiger charge is 2.34. The van der Waals surface area contributed by atoms with Crippen molar-refractivity contribution in [3.8, 4) is 5.75 Å². The predicted octanol–water partition coefficient (Wildman–Crippen LogP) is 5.03. The first kappa shape index (κ1) is 24.5. The van der Waals surface area contributed by atoms with E-state index < -0.39 is 6.04 Å². The van der Waals surface area contributed by atoms with Gasteiger partial charge in [-0.25, -0.2) is 0 Å². The number of nitrogens with two attached hydrogens (primary N) is 1. The summed E-state index contributed by atoms with van der Waals surface area (Å²) < 4.78 is 5.64. The molecule has 2 unspecified atom stereocenters. The van der Waals surface area contributed by atoms with Crippen molar-refractivity contribution < 1.29 is 14.3 Å². The maximum atomic E-state index is 12.8. The van der Waals surface area contributed by atoms with Crippen molar-refractivity contribution in [2.75, 3.05) is 5.75 Å². The minimum absolute atomic E-state index is 0.0150. The number of carbonyl (C=O) groups excluding carboxylic acids is 2. The lowest BCUT2D eigenvalue weighted by Crippen LogP contribution is -2.47. The zero-order valence-corrected chi connectivity index (χ0v) is 20.5. The number of unbranched alkanes of at least 4 members (excludes halogenated alkanes) is 1. The summed E-state index contributed by atoms with van der Waals surface area (Å²) in [5, 5.41) is 3.90. The topological polar surface area (TPSA) is 81.4 Å². The monoisotopic (exact) mass is 464 g/mol. The van der Waals surface area contributed by atoms with Crippen LogP contribution in [0.5, 0.6) is 5.75 Å². The van der Waals surface area contributed by atoms with Crippen LogP contribution in [0, 0.1) is 11.8 Å². The zero-order chi connectivity index (χ0) is 22.4. The zero-order valence-electron chi connectivity index (χ0n) is 18.9. The second-order valence-electron chi connectivity index (χ2n) is 9.02. The van der Waals surface area contributed by atoms with Crippen molar-refractivity contribution in [1.82, 2.24) is 5.32 Å². The van der Waals surface area contributed by atoms with Crippen LogP contribution in [0.25, 0.3) is 0 Å². The number of carbonyl (C=O) groups is 2. The van der Waals surface area contributed by atoms with Gasteiger partial charge in [0.05, 0.1) is 5.92 Å². The molecule has 31 heavy (non-hydrogen) atoms. The number of hydrogen-bond acceptors (Lipinski definition) is 6. The molecule has 0 saturated carbocycles. The van der Waals surface area contributed by atoms with Crippen LogP contribution in [-0.2, 0) is 16.0 Å². The Bertz CT molecular complexity index is 765. The summed E-state index contributed by atoms with van der Waals surface area (Å²) in [7, 11) is 3.94. The Balaban J connectivity index is 1.65. The molecule has 1 amide bonds. The Hall–Kier alpha value is -1.18. The molecule has 1 fully saturated rings. The Kier molecular flexibility index (Phi) is 9.17. The van der Waals surface area contributed by atoms with Gasteiger partial charge in [0.1, 0.15) is 5.75 Å². The van der Waals surface area contributed by atoms with E-state index in [-0.39, 0.29) is 29.8 Å². The molecule has 3 N–H and O–H groups in total. The van der Waals surface area contributed by atoms with Gasteiger partial charge in [0, 0.05) is 29.5 Å². The largest absolute Gasteiger partial charge is 0.427 e. The highest BCUT2D eigenvalue weighted by atomic mass is 33.1. The molecule has 1 saturated heterocycles. The molecule has 2 aliphatic heterocycles. The van der Waals surface area contributed by atoms with Crippen LogP contribution in [0.2, 0.25) is 0 Å². The highest BCUT2D eigenvalue weighted by Crippen LogP contribution is 2.40. The van der Waals surface area contributed by atoms with E-state index in [1.807, 2.05) is 53.6 Å². The fourth-order valence-corrected chi connectivity index (χ4v) is 7.48. The number of rotatable bonds is 8. The number of benzene rings is 1. The van der Waals surface area contributed by atoms with E-state index in [1.165, 1.54) is 18.6 Å². The van der Waals surface area contributed by atoms with Crippen LogP contribution in [0.4, 0.5) is 0 Å². The maximum absolute atomic E-state index is 12.8. The molecule has 0 bridgehead atoms. The Morgan fingerprint density at radius 3 is 2.81 bits per heavy atom. The third kappa shape index (κ3) is 6.65. The second kappa shape index (κ2) is 11.6. The molecular formula is C24H36N2O3S2. The molecule has 3 rings (SSSR count). The standard InChI is InChI=1S/C24H36N2O3S2/c1-4-17-13-16-9-10-18(14-20(16)23(25)22(15(2)3)24(28)26-17)29-21(27)8-6-5-7-19-11-12-30-31-19/h9-10,14-15,17,19,22-23H,4-8,11-13,25H2,1-3H3,(H,26,28)/t17-,19?,22-,23?/m1/s1. The van der Waals surface area contributed by atoms with Crippen molar-refractivity contribution in [3.63, 3.8) is 0 Å². The van der Waals surface area contributed by atoms with Gasteiger partial charge in [0.15, 0.2) is 0 Å². The van der Waals surface area contributed by atoms with Crippen LogP contribution < -0.4 is 15.8 Å². The van der Waals surface area contributed by atoms with E-state index in [4.69, 9.17) is 10.5 Å². The number of fused-ring (bicyclic) bond motifs is 1. The Morgan fingerprint density at radius 1 is 1.32 bits per heavy atom. The summed E-state index contributed by atoms with van der Waals surface area (Å²) in [6.07, 6.45) is 6.41. The highest BCUT2D eigenvalue weighted by molar-refractivity contribution is 8.77. The van der Waals surface area contributed by atoms with Crippen LogP contribution in [0.15, 0.2) is 18.2 Å². The SMILES string of the molecule is CC[C@@H]1Cc2ccc(OC(=O)CCCCC3CCSS3)cc2C(N)[C@@H](C(C)C)C(=O)N1. The molecule has 0 aliphatic carbocycles. The van der Waals surface area contributed by atoms with Gasteiger partial charge in [-0.1, -0.05) is 54.8 Å². The van der Waals surface area contributed by atoms with E-state index in [0.29, 0.717) is 12.2 Å². The van der Waals surface area contributed by atoms with Gasteiger partial charge in [0.2, 0.25) is 5.91 Å². The molecule has 0 aromatic heterocycles. The van der Waals surface area contributed by atoms with Gasteiger partial charge in [-0.05, 0) is 61.3 Å². The summed E-state index contributed by atoms with van der Waals surface area (Å²) >= 11 is 0. The minimum Gasteiger partial charge on any atom is -0.427 e. The van der Waals surface area contributed by atoms with Crippen molar-refractivity contribution in [2.24, 2.45) is 17.6 Å². The first-order chi connectivity index (χ1) is 14.9. The average molecular weight is 465 g/mol. The number of esters is 1. The van der Waals surface area contributed by atoms with Gasteiger partial charge >= 0.3 is 5.97 Å². The Labute approximate surface area is 194 Å². The average Bonchev–Trinajstić information content (AvgIpc) is 3.24. The number of nitrogens with one attached hydrogen (secondary N) is 1.